The minimum absolute atomic E-state index is 0.0664. The van der Waals surface area contributed by atoms with Crippen LogP contribution in [0.5, 0.6) is 11.5 Å². The molecule has 8 heteroatoms. The maximum Gasteiger partial charge on any atom is 0.227 e. The predicted octanol–water partition coefficient (Wildman–Crippen LogP) is 3.47. The van der Waals surface area contributed by atoms with E-state index in [4.69, 9.17) is 14.2 Å². The molecule has 0 saturated carbocycles. The predicted molar refractivity (Wildman–Crippen MR) is 121 cm³/mol. The molecule has 2 aliphatic heterocycles. The second-order valence-electron chi connectivity index (χ2n) is 7.76. The van der Waals surface area contributed by atoms with E-state index in [0.29, 0.717) is 19.2 Å². The standard InChI is InChI=1S/C24H25N5O3/c1-30-20-4-6-22-18(12-20)11-17(16-32-22)14-29-9-10-31-23(15-29)21-5-3-19(13-27-21)28-24-25-7-2-8-26-24/h2-8,11-13,23H,9-10,14-16H2,1H3,(H,25,26,28)/t23-/m1/s1. The van der Waals surface area contributed by atoms with E-state index < -0.39 is 0 Å². The molecule has 1 saturated heterocycles. The Bertz CT molecular complexity index is 1090. The minimum Gasteiger partial charge on any atom is -0.497 e. The number of hydrogen-bond acceptors (Lipinski definition) is 8. The Labute approximate surface area is 186 Å². The summed E-state index contributed by atoms with van der Waals surface area (Å²) in [5.74, 6) is 2.27. The largest absolute Gasteiger partial charge is 0.497 e. The number of nitrogens with one attached hydrogen (secondary N) is 1. The number of morpholine rings is 1. The summed E-state index contributed by atoms with van der Waals surface area (Å²) in [4.78, 5) is 15.3. The van der Waals surface area contributed by atoms with E-state index >= 15 is 0 Å². The SMILES string of the molecule is COc1ccc2c(c1)C=C(CN1CCO[C@@H](c3ccc(Nc4ncccn4)cn3)C1)CO2. The Morgan fingerprint density at radius 2 is 2.06 bits per heavy atom. The van der Waals surface area contributed by atoms with Crippen molar-refractivity contribution in [2.24, 2.45) is 0 Å². The first-order valence-electron chi connectivity index (χ1n) is 10.6. The van der Waals surface area contributed by atoms with E-state index in [9.17, 15) is 0 Å². The van der Waals surface area contributed by atoms with Crippen LogP contribution in [0, 0.1) is 0 Å². The van der Waals surface area contributed by atoms with Crippen LogP contribution in [0.3, 0.4) is 0 Å². The number of rotatable bonds is 6. The molecular formula is C24H25N5O3. The number of anilines is 2. The van der Waals surface area contributed by atoms with Gasteiger partial charge in [-0.1, -0.05) is 0 Å². The lowest BCUT2D eigenvalue weighted by molar-refractivity contribution is -0.0294. The van der Waals surface area contributed by atoms with Gasteiger partial charge in [0.2, 0.25) is 5.95 Å². The molecule has 2 aromatic heterocycles. The van der Waals surface area contributed by atoms with E-state index in [2.05, 4.69) is 31.2 Å². The van der Waals surface area contributed by atoms with Gasteiger partial charge in [-0.3, -0.25) is 9.88 Å². The number of hydrogen-bond donors (Lipinski definition) is 1. The van der Waals surface area contributed by atoms with Gasteiger partial charge in [0.1, 0.15) is 24.2 Å². The second kappa shape index (κ2) is 9.33. The van der Waals surface area contributed by atoms with Crippen LogP contribution in [0.1, 0.15) is 17.4 Å². The van der Waals surface area contributed by atoms with Gasteiger partial charge in [-0.2, -0.15) is 0 Å². The number of nitrogens with zero attached hydrogens (tertiary/aromatic N) is 4. The summed E-state index contributed by atoms with van der Waals surface area (Å²) in [6.07, 6.45) is 7.32. The number of methoxy groups -OCH3 is 1. The first-order valence-corrected chi connectivity index (χ1v) is 10.6. The Hall–Kier alpha value is -3.49. The number of ether oxygens (including phenoxy) is 3. The summed E-state index contributed by atoms with van der Waals surface area (Å²) < 4.78 is 17.3. The molecule has 1 atom stereocenters. The molecule has 1 fully saturated rings. The molecule has 1 aromatic carbocycles. The normalized spacial score (nSPS) is 18.3. The van der Waals surface area contributed by atoms with E-state index in [1.54, 1.807) is 31.8 Å². The van der Waals surface area contributed by atoms with E-state index in [-0.39, 0.29) is 6.10 Å². The fourth-order valence-corrected chi connectivity index (χ4v) is 3.90. The van der Waals surface area contributed by atoms with Gasteiger partial charge in [0, 0.05) is 37.6 Å². The fourth-order valence-electron chi connectivity index (χ4n) is 3.90. The van der Waals surface area contributed by atoms with Crippen LogP contribution in [-0.4, -0.2) is 59.8 Å². The molecule has 0 spiro atoms. The summed E-state index contributed by atoms with van der Waals surface area (Å²) in [6, 6.07) is 11.6. The number of fused-ring (bicyclic) bond motifs is 1. The maximum atomic E-state index is 6.01. The Morgan fingerprint density at radius 1 is 1.16 bits per heavy atom. The second-order valence-corrected chi connectivity index (χ2v) is 7.76. The summed E-state index contributed by atoms with van der Waals surface area (Å²) in [7, 11) is 1.68. The van der Waals surface area contributed by atoms with Crippen LogP contribution in [0.25, 0.3) is 6.08 Å². The third-order valence-electron chi connectivity index (χ3n) is 5.51. The third-order valence-corrected chi connectivity index (χ3v) is 5.51. The Kier molecular flexibility index (Phi) is 5.96. The van der Waals surface area contributed by atoms with E-state index in [1.165, 1.54) is 5.57 Å². The number of pyridine rings is 1. The molecule has 0 radical (unpaired) electrons. The quantitative estimate of drug-likeness (QED) is 0.635. The molecule has 2 aliphatic rings. The van der Waals surface area contributed by atoms with Gasteiger partial charge in [-0.25, -0.2) is 9.97 Å². The highest BCUT2D eigenvalue weighted by atomic mass is 16.5. The van der Waals surface area contributed by atoms with Crippen molar-refractivity contribution in [2.75, 3.05) is 45.3 Å². The van der Waals surface area contributed by atoms with Crippen LogP contribution in [-0.2, 0) is 4.74 Å². The summed E-state index contributed by atoms with van der Waals surface area (Å²) >= 11 is 0. The highest BCUT2D eigenvalue weighted by Crippen LogP contribution is 2.31. The lowest BCUT2D eigenvalue weighted by Crippen LogP contribution is -2.40. The zero-order valence-electron chi connectivity index (χ0n) is 17.9. The van der Waals surface area contributed by atoms with Gasteiger partial charge >= 0.3 is 0 Å². The van der Waals surface area contributed by atoms with Crippen LogP contribution in [0.4, 0.5) is 11.6 Å². The first-order chi connectivity index (χ1) is 15.8. The average Bonchev–Trinajstić information content (AvgIpc) is 2.85. The average molecular weight is 431 g/mol. The monoisotopic (exact) mass is 431 g/mol. The molecule has 164 valence electrons. The summed E-state index contributed by atoms with van der Waals surface area (Å²) in [5.41, 5.74) is 4.05. The third kappa shape index (κ3) is 4.71. The Morgan fingerprint density at radius 3 is 2.88 bits per heavy atom. The number of benzene rings is 1. The first kappa shape index (κ1) is 20.4. The van der Waals surface area contributed by atoms with Crippen molar-refractivity contribution < 1.29 is 14.2 Å². The molecule has 8 nitrogen and oxygen atoms in total. The smallest absolute Gasteiger partial charge is 0.227 e. The highest BCUT2D eigenvalue weighted by Gasteiger charge is 2.24. The topological polar surface area (TPSA) is 81.6 Å². The van der Waals surface area contributed by atoms with Crippen molar-refractivity contribution >= 4 is 17.7 Å². The maximum absolute atomic E-state index is 6.01. The minimum atomic E-state index is -0.0664. The van der Waals surface area contributed by atoms with Crippen molar-refractivity contribution in [2.45, 2.75) is 6.10 Å². The summed E-state index contributed by atoms with van der Waals surface area (Å²) in [6.45, 7) is 3.76. The van der Waals surface area contributed by atoms with Crippen molar-refractivity contribution in [3.05, 3.63) is 71.8 Å². The molecule has 0 amide bonds. The molecule has 0 unspecified atom stereocenters. The molecule has 3 aromatic rings. The zero-order chi connectivity index (χ0) is 21.8. The zero-order valence-corrected chi connectivity index (χ0v) is 17.9. The van der Waals surface area contributed by atoms with E-state index in [1.807, 2.05) is 30.3 Å². The van der Waals surface area contributed by atoms with Crippen LogP contribution in [0.15, 0.2) is 60.6 Å². The van der Waals surface area contributed by atoms with Crippen molar-refractivity contribution in [3.63, 3.8) is 0 Å². The molecule has 0 bridgehead atoms. The summed E-state index contributed by atoms with van der Waals surface area (Å²) in [5, 5.41) is 3.15. The van der Waals surface area contributed by atoms with Crippen LogP contribution in [0.2, 0.25) is 0 Å². The van der Waals surface area contributed by atoms with Crippen LogP contribution >= 0.6 is 0 Å². The molecular weight excluding hydrogens is 406 g/mol. The molecule has 4 heterocycles. The molecule has 0 aliphatic carbocycles. The van der Waals surface area contributed by atoms with Gasteiger partial charge in [0.05, 0.1) is 31.3 Å². The molecule has 5 rings (SSSR count). The van der Waals surface area contributed by atoms with Gasteiger partial charge in [-0.15, -0.1) is 0 Å². The van der Waals surface area contributed by atoms with Gasteiger partial charge in [-0.05, 0) is 48.0 Å². The van der Waals surface area contributed by atoms with Crippen LogP contribution < -0.4 is 14.8 Å². The van der Waals surface area contributed by atoms with Crippen molar-refractivity contribution in [1.29, 1.82) is 0 Å². The molecule has 1 N–H and O–H groups in total. The fraction of sp³-hybridized carbons (Fsp3) is 0.292. The van der Waals surface area contributed by atoms with Gasteiger partial charge in [0.15, 0.2) is 0 Å². The Balaban J connectivity index is 1.22. The number of aromatic nitrogens is 3. The van der Waals surface area contributed by atoms with Crippen molar-refractivity contribution in [3.8, 4) is 11.5 Å². The highest BCUT2D eigenvalue weighted by molar-refractivity contribution is 5.64. The lowest BCUT2D eigenvalue weighted by atomic mass is 10.1. The lowest BCUT2D eigenvalue weighted by Gasteiger charge is -2.33. The van der Waals surface area contributed by atoms with Crippen molar-refractivity contribution in [1.82, 2.24) is 19.9 Å². The van der Waals surface area contributed by atoms with E-state index in [0.717, 1.165) is 48.1 Å². The molecule has 32 heavy (non-hydrogen) atoms. The van der Waals surface area contributed by atoms with Gasteiger partial charge < -0.3 is 19.5 Å². The van der Waals surface area contributed by atoms with Gasteiger partial charge in [0.25, 0.3) is 0 Å².